The Bertz CT molecular complexity index is 615. The van der Waals surface area contributed by atoms with Gasteiger partial charge in [-0.3, -0.25) is 9.78 Å². The zero-order valence-electron chi connectivity index (χ0n) is 10.9. The highest BCUT2D eigenvalue weighted by atomic mass is 79.9. The van der Waals surface area contributed by atoms with Crippen LogP contribution in [0.2, 0.25) is 0 Å². The van der Waals surface area contributed by atoms with Crippen LogP contribution >= 0.6 is 15.9 Å². The molecule has 0 aliphatic carbocycles. The Morgan fingerprint density at radius 1 is 1.24 bits per heavy atom. The summed E-state index contributed by atoms with van der Waals surface area (Å²) in [7, 11) is 0. The van der Waals surface area contributed by atoms with Gasteiger partial charge in [0.2, 0.25) is 0 Å². The van der Waals surface area contributed by atoms with Gasteiger partial charge in [-0.05, 0) is 46.6 Å². The molecule has 0 unspecified atom stereocenters. The number of hydrogen-bond acceptors (Lipinski definition) is 4. The van der Waals surface area contributed by atoms with E-state index in [0.717, 1.165) is 28.4 Å². The average molecular weight is 362 g/mol. The van der Waals surface area contributed by atoms with Crippen LogP contribution in [0.3, 0.4) is 0 Å². The molecule has 4 nitrogen and oxygen atoms in total. The number of aryl methyl sites for hydroxylation is 1. The van der Waals surface area contributed by atoms with Crippen LogP contribution in [0.15, 0.2) is 35.1 Å². The van der Waals surface area contributed by atoms with Gasteiger partial charge in [-0.2, -0.15) is 13.2 Å². The van der Waals surface area contributed by atoms with Gasteiger partial charge in [0.25, 0.3) is 0 Å². The molecule has 0 amide bonds. The van der Waals surface area contributed by atoms with Gasteiger partial charge in [0.1, 0.15) is 11.5 Å². The van der Waals surface area contributed by atoms with Crippen LogP contribution in [-0.2, 0) is 6.18 Å². The highest BCUT2D eigenvalue weighted by molar-refractivity contribution is 9.10. The van der Waals surface area contributed by atoms with Gasteiger partial charge < -0.3 is 5.73 Å². The van der Waals surface area contributed by atoms with Gasteiger partial charge in [0.05, 0.1) is 0 Å². The van der Waals surface area contributed by atoms with Gasteiger partial charge in [0, 0.05) is 22.4 Å². The van der Waals surface area contributed by atoms with Crippen molar-refractivity contribution in [2.45, 2.75) is 13.1 Å². The minimum Gasteiger partial charge on any atom is -0.383 e. The number of nitrogen functional groups attached to an aromatic ring is 1. The summed E-state index contributed by atoms with van der Waals surface area (Å²) in [6, 6.07) is 3.77. The molecule has 0 radical (unpaired) electrons. The summed E-state index contributed by atoms with van der Waals surface area (Å²) in [6.07, 6.45) is -1.44. The molecule has 112 valence electrons. The van der Waals surface area contributed by atoms with Crippen LogP contribution in [0.5, 0.6) is 0 Å². The normalized spacial score (nSPS) is 10.5. The fourth-order valence-electron chi connectivity index (χ4n) is 1.19. The van der Waals surface area contributed by atoms with E-state index in [4.69, 9.17) is 5.73 Å². The van der Waals surface area contributed by atoms with Crippen LogP contribution in [0, 0.1) is 6.92 Å². The molecule has 0 aliphatic rings. The zero-order valence-corrected chi connectivity index (χ0v) is 12.4. The molecule has 0 fully saturated rings. The van der Waals surface area contributed by atoms with Crippen LogP contribution < -0.4 is 5.73 Å². The Balaban J connectivity index is 0.000000219. The maximum Gasteiger partial charge on any atom is 0.433 e. The molecule has 0 saturated heterocycles. The molecule has 0 aliphatic heterocycles. The van der Waals surface area contributed by atoms with Gasteiger partial charge in [-0.15, -0.1) is 0 Å². The molecular weight excluding hydrogens is 351 g/mol. The van der Waals surface area contributed by atoms with Crippen molar-refractivity contribution >= 4 is 28.0 Å². The number of carbonyl (C=O) groups is 1. The number of aromatic nitrogens is 2. The SMILES string of the molecule is Cc1cc(Br)cnc1N.O=Cc1ccc(C(F)(F)F)nc1. The molecule has 21 heavy (non-hydrogen) atoms. The molecule has 2 N–H and O–H groups in total. The van der Waals surface area contributed by atoms with Gasteiger partial charge in [-0.1, -0.05) is 0 Å². The quantitative estimate of drug-likeness (QED) is 0.787. The van der Waals surface area contributed by atoms with Crippen molar-refractivity contribution in [2.24, 2.45) is 0 Å². The number of halogens is 4. The van der Waals surface area contributed by atoms with Crippen LogP contribution in [-0.4, -0.2) is 16.3 Å². The van der Waals surface area contributed by atoms with E-state index < -0.39 is 11.9 Å². The lowest BCUT2D eigenvalue weighted by molar-refractivity contribution is -0.141. The minimum atomic E-state index is -4.44. The summed E-state index contributed by atoms with van der Waals surface area (Å²) in [5.41, 5.74) is 5.60. The summed E-state index contributed by atoms with van der Waals surface area (Å²) in [5, 5.41) is 0. The summed E-state index contributed by atoms with van der Waals surface area (Å²) >= 11 is 3.28. The molecule has 0 aromatic carbocycles. The molecule has 2 rings (SSSR count). The molecule has 0 bridgehead atoms. The van der Waals surface area contributed by atoms with Gasteiger partial charge in [-0.25, -0.2) is 4.98 Å². The van der Waals surface area contributed by atoms with E-state index in [1.165, 1.54) is 0 Å². The molecule has 0 saturated carbocycles. The van der Waals surface area contributed by atoms with Crippen LogP contribution in [0.4, 0.5) is 19.0 Å². The van der Waals surface area contributed by atoms with Gasteiger partial charge >= 0.3 is 6.18 Å². The maximum atomic E-state index is 11.9. The lowest BCUT2D eigenvalue weighted by Crippen LogP contribution is -2.07. The topological polar surface area (TPSA) is 68.9 Å². The molecule has 0 atom stereocenters. The zero-order chi connectivity index (χ0) is 16.0. The van der Waals surface area contributed by atoms with E-state index in [0.29, 0.717) is 12.1 Å². The summed E-state index contributed by atoms with van der Waals surface area (Å²) < 4.78 is 36.6. The predicted octanol–water partition coefficient (Wildman–Crippen LogP) is 3.65. The fourth-order valence-corrected chi connectivity index (χ4v) is 1.64. The largest absolute Gasteiger partial charge is 0.433 e. The summed E-state index contributed by atoms with van der Waals surface area (Å²) in [5.74, 6) is 0.596. The first-order valence-corrected chi connectivity index (χ1v) is 6.39. The first kappa shape index (κ1) is 17.1. The highest BCUT2D eigenvalue weighted by Gasteiger charge is 2.31. The lowest BCUT2D eigenvalue weighted by Gasteiger charge is -2.03. The number of anilines is 1. The van der Waals surface area contributed by atoms with Gasteiger partial charge in [0.15, 0.2) is 6.29 Å². The fraction of sp³-hybridized carbons (Fsp3) is 0.154. The first-order valence-electron chi connectivity index (χ1n) is 5.60. The Hall–Kier alpha value is -1.96. The van der Waals surface area contributed by atoms with E-state index in [-0.39, 0.29) is 5.56 Å². The standard InChI is InChI=1S/C7H4F3NO.C6H7BrN2/c8-7(9,10)6-2-1-5(4-12)3-11-6;1-4-2-5(7)3-9-6(4)8/h1-4H;2-3H,1H3,(H2,8,9). The average Bonchev–Trinajstić information content (AvgIpc) is 2.43. The van der Waals surface area contributed by atoms with Crippen molar-refractivity contribution in [2.75, 3.05) is 5.73 Å². The van der Waals surface area contributed by atoms with Crippen molar-refractivity contribution < 1.29 is 18.0 Å². The molecule has 0 spiro atoms. The smallest absolute Gasteiger partial charge is 0.383 e. The lowest BCUT2D eigenvalue weighted by atomic mass is 10.3. The summed E-state index contributed by atoms with van der Waals surface area (Å²) in [4.78, 5) is 17.0. The summed E-state index contributed by atoms with van der Waals surface area (Å²) in [6.45, 7) is 1.92. The third-order valence-electron chi connectivity index (χ3n) is 2.30. The second kappa shape index (κ2) is 7.16. The van der Waals surface area contributed by atoms with E-state index in [1.807, 2.05) is 13.0 Å². The first-order chi connectivity index (χ1) is 9.74. The third kappa shape index (κ3) is 5.50. The number of nitrogens with zero attached hydrogens (tertiary/aromatic N) is 2. The van der Waals surface area contributed by atoms with Crippen molar-refractivity contribution in [3.8, 4) is 0 Å². The number of rotatable bonds is 1. The van der Waals surface area contributed by atoms with Crippen molar-refractivity contribution in [3.63, 3.8) is 0 Å². The Morgan fingerprint density at radius 2 is 1.90 bits per heavy atom. The molecule has 2 aromatic heterocycles. The molecular formula is C13H11BrF3N3O. The maximum absolute atomic E-state index is 11.9. The Morgan fingerprint density at radius 3 is 2.29 bits per heavy atom. The minimum absolute atomic E-state index is 0.128. The molecule has 2 heterocycles. The third-order valence-corrected chi connectivity index (χ3v) is 2.73. The Kier molecular flexibility index (Phi) is 5.83. The van der Waals surface area contributed by atoms with Crippen LogP contribution in [0.25, 0.3) is 0 Å². The number of hydrogen-bond donors (Lipinski definition) is 1. The highest BCUT2D eigenvalue weighted by Crippen LogP contribution is 2.26. The van der Waals surface area contributed by atoms with Crippen LogP contribution in [0.1, 0.15) is 21.6 Å². The molecule has 8 heteroatoms. The van der Waals surface area contributed by atoms with Crippen molar-refractivity contribution in [1.82, 2.24) is 9.97 Å². The number of carbonyl (C=O) groups excluding carboxylic acids is 1. The van der Waals surface area contributed by atoms with Crippen molar-refractivity contribution in [3.05, 3.63) is 51.9 Å². The van der Waals surface area contributed by atoms with E-state index >= 15 is 0 Å². The van der Waals surface area contributed by atoms with E-state index in [2.05, 4.69) is 25.9 Å². The van der Waals surface area contributed by atoms with E-state index in [9.17, 15) is 18.0 Å². The van der Waals surface area contributed by atoms with E-state index in [1.54, 1.807) is 6.20 Å². The number of pyridine rings is 2. The monoisotopic (exact) mass is 361 g/mol. The second-order valence-corrected chi connectivity index (χ2v) is 4.86. The predicted molar refractivity (Wildman–Crippen MR) is 75.7 cm³/mol. The molecule has 2 aromatic rings. The Labute approximate surface area is 127 Å². The number of nitrogens with two attached hydrogens (primary N) is 1. The van der Waals surface area contributed by atoms with Crippen molar-refractivity contribution in [1.29, 1.82) is 0 Å². The number of aldehydes is 1. The number of alkyl halides is 3. The second-order valence-electron chi connectivity index (χ2n) is 3.95.